The second-order valence-corrected chi connectivity index (χ2v) is 6.05. The summed E-state index contributed by atoms with van der Waals surface area (Å²) in [7, 11) is 1.14. The Bertz CT molecular complexity index is 725. The van der Waals surface area contributed by atoms with Gasteiger partial charge in [0.25, 0.3) is 11.6 Å². The second kappa shape index (κ2) is 7.29. The van der Waals surface area contributed by atoms with Gasteiger partial charge in [-0.05, 0) is 18.9 Å². The molecule has 1 aliphatic rings. The van der Waals surface area contributed by atoms with Crippen LogP contribution in [0.5, 0.6) is 0 Å². The number of non-ortho nitro benzene ring substituents is 1. The van der Waals surface area contributed by atoms with Crippen LogP contribution < -0.4 is 11.1 Å². The van der Waals surface area contributed by atoms with E-state index in [9.17, 15) is 24.5 Å². The van der Waals surface area contributed by atoms with Crippen LogP contribution in [-0.2, 0) is 9.53 Å². The van der Waals surface area contributed by atoms with Crippen molar-refractivity contribution in [2.45, 2.75) is 25.7 Å². The summed E-state index contributed by atoms with van der Waals surface area (Å²) < 4.78 is 4.54. The SMILES string of the molecule is COC(=O)c1cc(C(=O)NCC2(C(N)=O)CCCC2)cc([N+](=O)[O-])c1. The zero-order chi connectivity index (χ0) is 18.6. The van der Waals surface area contributed by atoms with Crippen molar-refractivity contribution >= 4 is 23.5 Å². The van der Waals surface area contributed by atoms with E-state index in [1.807, 2.05) is 0 Å². The molecule has 9 heteroatoms. The van der Waals surface area contributed by atoms with Crippen LogP contribution in [-0.4, -0.2) is 36.4 Å². The lowest BCUT2D eigenvalue weighted by atomic mass is 9.85. The van der Waals surface area contributed by atoms with Gasteiger partial charge in [0.05, 0.1) is 23.0 Å². The Morgan fingerprint density at radius 2 is 1.84 bits per heavy atom. The van der Waals surface area contributed by atoms with Crippen LogP contribution in [0.25, 0.3) is 0 Å². The van der Waals surface area contributed by atoms with Crippen LogP contribution in [0.3, 0.4) is 0 Å². The third-order valence-electron chi connectivity index (χ3n) is 4.48. The molecule has 1 saturated carbocycles. The standard InChI is InChI=1S/C16H19N3O6/c1-25-14(21)11-6-10(7-12(8-11)19(23)24)13(20)18-9-16(15(17)22)4-2-3-5-16/h6-8H,2-5,9H2,1H3,(H2,17,22)(H,18,20). The number of methoxy groups -OCH3 is 1. The number of hydrogen-bond donors (Lipinski definition) is 2. The topological polar surface area (TPSA) is 142 Å². The van der Waals surface area contributed by atoms with Crippen molar-refractivity contribution < 1.29 is 24.0 Å². The summed E-state index contributed by atoms with van der Waals surface area (Å²) in [5.41, 5.74) is 4.10. The summed E-state index contributed by atoms with van der Waals surface area (Å²) in [5, 5.41) is 13.6. The average Bonchev–Trinajstić information content (AvgIpc) is 3.08. The molecule has 2 rings (SSSR count). The molecular formula is C16H19N3O6. The zero-order valence-corrected chi connectivity index (χ0v) is 13.7. The predicted octanol–water partition coefficient (Wildman–Crippen LogP) is 1.16. The molecule has 0 saturated heterocycles. The van der Waals surface area contributed by atoms with Crippen LogP contribution in [0.15, 0.2) is 18.2 Å². The van der Waals surface area contributed by atoms with Crippen molar-refractivity contribution in [1.82, 2.24) is 5.32 Å². The highest BCUT2D eigenvalue weighted by atomic mass is 16.6. The largest absolute Gasteiger partial charge is 0.465 e. The van der Waals surface area contributed by atoms with Gasteiger partial charge < -0.3 is 15.8 Å². The number of carbonyl (C=O) groups is 3. The number of hydrogen-bond acceptors (Lipinski definition) is 6. The summed E-state index contributed by atoms with van der Waals surface area (Å²) >= 11 is 0. The molecule has 0 unspecified atom stereocenters. The Balaban J connectivity index is 2.23. The van der Waals surface area contributed by atoms with Crippen molar-refractivity contribution in [2.24, 2.45) is 11.1 Å². The van der Waals surface area contributed by atoms with E-state index in [-0.39, 0.29) is 17.7 Å². The van der Waals surface area contributed by atoms with Crippen LogP contribution >= 0.6 is 0 Å². The number of ether oxygens (including phenoxy) is 1. The molecule has 3 N–H and O–H groups in total. The smallest absolute Gasteiger partial charge is 0.338 e. The molecular weight excluding hydrogens is 330 g/mol. The molecule has 1 fully saturated rings. The monoisotopic (exact) mass is 349 g/mol. The molecule has 0 spiro atoms. The number of carbonyl (C=O) groups excluding carboxylic acids is 3. The first-order valence-electron chi connectivity index (χ1n) is 7.75. The highest BCUT2D eigenvalue weighted by Gasteiger charge is 2.39. The minimum absolute atomic E-state index is 0.0530. The normalized spacial score (nSPS) is 15.4. The molecule has 0 heterocycles. The lowest BCUT2D eigenvalue weighted by molar-refractivity contribution is -0.384. The lowest BCUT2D eigenvalue weighted by Crippen LogP contribution is -2.44. The molecule has 0 aromatic heterocycles. The summed E-state index contributed by atoms with van der Waals surface area (Å²) in [6.45, 7) is 0.0530. The molecule has 1 aromatic rings. The van der Waals surface area contributed by atoms with Gasteiger partial charge in [-0.15, -0.1) is 0 Å². The molecule has 9 nitrogen and oxygen atoms in total. The van der Waals surface area contributed by atoms with E-state index in [4.69, 9.17) is 5.73 Å². The van der Waals surface area contributed by atoms with Gasteiger partial charge >= 0.3 is 5.97 Å². The number of nitro benzene ring substituents is 1. The fraction of sp³-hybridized carbons (Fsp3) is 0.438. The van der Waals surface area contributed by atoms with E-state index in [0.717, 1.165) is 32.1 Å². The summed E-state index contributed by atoms with van der Waals surface area (Å²) in [4.78, 5) is 46.0. The molecule has 2 amide bonds. The summed E-state index contributed by atoms with van der Waals surface area (Å²) in [6.07, 6.45) is 2.88. The van der Waals surface area contributed by atoms with Crippen molar-refractivity contribution in [3.63, 3.8) is 0 Å². The quantitative estimate of drug-likeness (QED) is 0.448. The Hall–Kier alpha value is -2.97. The van der Waals surface area contributed by atoms with Gasteiger partial charge in [-0.25, -0.2) is 4.79 Å². The maximum Gasteiger partial charge on any atom is 0.338 e. The maximum absolute atomic E-state index is 12.4. The van der Waals surface area contributed by atoms with Crippen molar-refractivity contribution in [2.75, 3.05) is 13.7 Å². The van der Waals surface area contributed by atoms with Crippen LogP contribution in [0.1, 0.15) is 46.4 Å². The minimum Gasteiger partial charge on any atom is -0.465 e. The van der Waals surface area contributed by atoms with Crippen molar-refractivity contribution in [1.29, 1.82) is 0 Å². The highest BCUT2D eigenvalue weighted by molar-refractivity contribution is 5.99. The van der Waals surface area contributed by atoms with Crippen molar-refractivity contribution in [3.8, 4) is 0 Å². The van der Waals surface area contributed by atoms with Gasteiger partial charge in [0.1, 0.15) is 0 Å². The number of nitrogens with one attached hydrogen (secondary N) is 1. The number of benzene rings is 1. The Kier molecular flexibility index (Phi) is 5.35. The predicted molar refractivity (Wildman–Crippen MR) is 86.9 cm³/mol. The van der Waals surface area contributed by atoms with E-state index in [1.54, 1.807) is 0 Å². The first kappa shape index (κ1) is 18.4. The average molecular weight is 349 g/mol. The molecule has 1 aromatic carbocycles. The van der Waals surface area contributed by atoms with Gasteiger partial charge in [0.2, 0.25) is 5.91 Å². The van der Waals surface area contributed by atoms with Gasteiger partial charge in [-0.2, -0.15) is 0 Å². The number of esters is 1. The number of rotatable bonds is 6. The number of nitro groups is 1. The number of nitrogens with zero attached hydrogens (tertiary/aromatic N) is 1. The number of primary amides is 1. The molecule has 0 atom stereocenters. The van der Waals surface area contributed by atoms with Gasteiger partial charge in [0.15, 0.2) is 0 Å². The summed E-state index contributed by atoms with van der Waals surface area (Å²) in [6, 6.07) is 3.30. The van der Waals surface area contributed by atoms with Gasteiger partial charge in [0, 0.05) is 24.2 Å². The first-order chi connectivity index (χ1) is 11.8. The lowest BCUT2D eigenvalue weighted by Gasteiger charge is -2.25. The van der Waals surface area contributed by atoms with Crippen LogP contribution in [0.4, 0.5) is 5.69 Å². The Morgan fingerprint density at radius 3 is 2.36 bits per heavy atom. The van der Waals surface area contributed by atoms with Gasteiger partial charge in [-0.1, -0.05) is 12.8 Å². The van der Waals surface area contributed by atoms with E-state index >= 15 is 0 Å². The zero-order valence-electron chi connectivity index (χ0n) is 13.7. The number of amides is 2. The highest BCUT2D eigenvalue weighted by Crippen LogP contribution is 2.37. The maximum atomic E-state index is 12.4. The second-order valence-electron chi connectivity index (χ2n) is 6.05. The molecule has 0 aliphatic heterocycles. The van der Waals surface area contributed by atoms with Crippen LogP contribution in [0, 0.1) is 15.5 Å². The minimum atomic E-state index is -0.790. The molecule has 25 heavy (non-hydrogen) atoms. The third kappa shape index (κ3) is 3.93. The number of nitrogens with two attached hydrogens (primary N) is 1. The van der Waals surface area contributed by atoms with E-state index in [1.165, 1.54) is 6.07 Å². The fourth-order valence-corrected chi connectivity index (χ4v) is 3.00. The van der Waals surface area contributed by atoms with E-state index in [2.05, 4.69) is 10.1 Å². The molecule has 0 radical (unpaired) electrons. The molecule has 1 aliphatic carbocycles. The third-order valence-corrected chi connectivity index (χ3v) is 4.48. The van der Waals surface area contributed by atoms with Gasteiger partial charge in [-0.3, -0.25) is 19.7 Å². The Labute approximate surface area is 143 Å². The summed E-state index contributed by atoms with van der Waals surface area (Å²) in [5.74, 6) is -1.89. The van der Waals surface area contributed by atoms with Crippen molar-refractivity contribution in [3.05, 3.63) is 39.4 Å². The molecule has 134 valence electrons. The van der Waals surface area contributed by atoms with E-state index < -0.39 is 33.8 Å². The first-order valence-corrected chi connectivity index (χ1v) is 7.75. The fourth-order valence-electron chi connectivity index (χ4n) is 3.00. The van der Waals surface area contributed by atoms with E-state index in [0.29, 0.717) is 12.8 Å². The van der Waals surface area contributed by atoms with Crippen LogP contribution in [0.2, 0.25) is 0 Å². The Morgan fingerprint density at radius 1 is 1.24 bits per heavy atom. The molecule has 0 bridgehead atoms.